The summed E-state index contributed by atoms with van der Waals surface area (Å²) < 4.78 is 45.2. The van der Waals surface area contributed by atoms with Crippen LogP contribution in [0.5, 0.6) is 5.75 Å². The highest BCUT2D eigenvalue weighted by atomic mass is 32.2. The van der Waals surface area contributed by atoms with E-state index in [1.54, 1.807) is 12.1 Å². The number of amides is 1. The number of sulfonamides is 1. The number of halogens is 1. The Morgan fingerprint density at radius 1 is 1.15 bits per heavy atom. The van der Waals surface area contributed by atoms with Crippen LogP contribution in [0, 0.1) is 17.1 Å². The van der Waals surface area contributed by atoms with E-state index in [4.69, 9.17) is 10.00 Å². The third kappa shape index (κ3) is 6.06. The molecule has 142 valence electrons. The molecule has 0 radical (unpaired) electrons. The van der Waals surface area contributed by atoms with Crippen LogP contribution in [0.15, 0.2) is 53.4 Å². The number of nitrogens with zero attached hydrogens (tertiary/aromatic N) is 1. The lowest BCUT2D eigenvalue weighted by Gasteiger charge is -2.10. The number of hydrogen-bond acceptors (Lipinski definition) is 5. The van der Waals surface area contributed by atoms with Gasteiger partial charge in [-0.15, -0.1) is 0 Å². The Morgan fingerprint density at radius 3 is 2.67 bits per heavy atom. The van der Waals surface area contributed by atoms with E-state index in [9.17, 15) is 17.6 Å². The number of carbonyl (C=O) groups is 1. The average molecular weight is 391 g/mol. The molecule has 7 nitrogen and oxygen atoms in total. The molecule has 1 amide bonds. The molecule has 2 rings (SSSR count). The van der Waals surface area contributed by atoms with Crippen LogP contribution in [0.2, 0.25) is 0 Å². The Kier molecular flexibility index (Phi) is 7.28. The van der Waals surface area contributed by atoms with Gasteiger partial charge in [0, 0.05) is 18.5 Å². The quantitative estimate of drug-likeness (QED) is 0.634. The average Bonchev–Trinajstić information content (AvgIpc) is 2.66. The molecule has 0 saturated heterocycles. The van der Waals surface area contributed by atoms with Crippen LogP contribution >= 0.6 is 0 Å². The van der Waals surface area contributed by atoms with E-state index < -0.39 is 21.7 Å². The fourth-order valence-corrected chi connectivity index (χ4v) is 3.20. The molecule has 2 aromatic rings. The maximum absolute atomic E-state index is 13.4. The Morgan fingerprint density at radius 2 is 1.93 bits per heavy atom. The van der Waals surface area contributed by atoms with Crippen LogP contribution < -0.4 is 14.8 Å². The topological polar surface area (TPSA) is 108 Å². The first kappa shape index (κ1) is 20.4. The molecule has 2 aromatic carbocycles. The Bertz CT molecular complexity index is 942. The molecule has 27 heavy (non-hydrogen) atoms. The molecule has 0 spiro atoms. The van der Waals surface area contributed by atoms with E-state index in [0.717, 1.165) is 0 Å². The molecule has 0 aliphatic carbocycles. The molecule has 0 saturated carbocycles. The van der Waals surface area contributed by atoms with Gasteiger partial charge in [0.2, 0.25) is 10.0 Å². The minimum Gasteiger partial charge on any atom is -0.489 e. The molecule has 2 N–H and O–H groups in total. The number of rotatable bonds is 9. The van der Waals surface area contributed by atoms with Gasteiger partial charge in [-0.25, -0.2) is 17.5 Å². The summed E-state index contributed by atoms with van der Waals surface area (Å²) in [5.41, 5.74) is 0.157. The smallest absolute Gasteiger partial charge is 0.251 e. The highest BCUT2D eigenvalue weighted by Gasteiger charge is 2.15. The van der Waals surface area contributed by atoms with Crippen molar-refractivity contribution in [2.24, 2.45) is 0 Å². The van der Waals surface area contributed by atoms with Crippen molar-refractivity contribution in [1.29, 1.82) is 5.26 Å². The van der Waals surface area contributed by atoms with Gasteiger partial charge in [0.25, 0.3) is 5.91 Å². The van der Waals surface area contributed by atoms with Crippen LogP contribution in [0.1, 0.15) is 16.8 Å². The molecular formula is C18H18FN3O4S. The number of nitriles is 1. The van der Waals surface area contributed by atoms with Gasteiger partial charge in [0.05, 0.1) is 17.5 Å². The first-order valence-corrected chi connectivity index (χ1v) is 9.54. The number of carbonyl (C=O) groups excluding carboxylic acids is 1. The molecular weight excluding hydrogens is 373 g/mol. The van der Waals surface area contributed by atoms with E-state index in [2.05, 4.69) is 10.0 Å². The maximum atomic E-state index is 13.4. The Hall–Kier alpha value is -2.96. The van der Waals surface area contributed by atoms with Gasteiger partial charge in [-0.3, -0.25) is 4.79 Å². The van der Waals surface area contributed by atoms with Gasteiger partial charge < -0.3 is 10.1 Å². The minimum atomic E-state index is -3.80. The van der Waals surface area contributed by atoms with Crippen LogP contribution in [0.25, 0.3) is 0 Å². The predicted octanol–water partition coefficient (Wildman–Crippen LogP) is 1.83. The van der Waals surface area contributed by atoms with Crippen molar-refractivity contribution < 1.29 is 22.3 Å². The van der Waals surface area contributed by atoms with Crippen molar-refractivity contribution in [2.45, 2.75) is 11.3 Å². The predicted molar refractivity (Wildman–Crippen MR) is 96.1 cm³/mol. The van der Waals surface area contributed by atoms with Crippen LogP contribution in [0.4, 0.5) is 4.39 Å². The summed E-state index contributed by atoms with van der Waals surface area (Å²) in [6.07, 6.45) is 0.0431. The molecule has 0 aliphatic rings. The second-order valence-corrected chi connectivity index (χ2v) is 7.14. The highest BCUT2D eigenvalue weighted by Crippen LogP contribution is 2.15. The number of nitrogens with one attached hydrogen (secondary N) is 2. The monoisotopic (exact) mass is 391 g/mol. The van der Waals surface area contributed by atoms with Crippen molar-refractivity contribution in [2.75, 3.05) is 19.7 Å². The summed E-state index contributed by atoms with van der Waals surface area (Å²) >= 11 is 0. The van der Waals surface area contributed by atoms with Gasteiger partial charge >= 0.3 is 0 Å². The Balaban J connectivity index is 1.91. The third-order valence-corrected chi connectivity index (χ3v) is 4.88. The number of para-hydroxylation sites is 1. The minimum absolute atomic E-state index is 0.0113. The first-order valence-electron chi connectivity index (χ1n) is 8.06. The maximum Gasteiger partial charge on any atom is 0.251 e. The molecule has 9 heteroatoms. The fourth-order valence-electron chi connectivity index (χ4n) is 2.12. The highest BCUT2D eigenvalue weighted by molar-refractivity contribution is 7.89. The summed E-state index contributed by atoms with van der Waals surface area (Å²) in [6.45, 7) is 0.160. The summed E-state index contributed by atoms with van der Waals surface area (Å²) in [6, 6.07) is 13.3. The summed E-state index contributed by atoms with van der Waals surface area (Å²) in [5, 5.41) is 11.0. The van der Waals surface area contributed by atoms with E-state index >= 15 is 0 Å². The SMILES string of the molecule is N#CCCNS(=O)(=O)c1cccc(C(=O)NCCOc2ccccc2F)c1. The van der Waals surface area contributed by atoms with Crippen LogP contribution in [-0.4, -0.2) is 34.0 Å². The zero-order valence-electron chi connectivity index (χ0n) is 14.3. The van der Waals surface area contributed by atoms with Crippen molar-refractivity contribution in [1.82, 2.24) is 10.0 Å². The third-order valence-electron chi connectivity index (χ3n) is 3.42. The van der Waals surface area contributed by atoms with Crippen LogP contribution in [0.3, 0.4) is 0 Å². The molecule has 0 bridgehead atoms. The van der Waals surface area contributed by atoms with Crippen molar-refractivity contribution in [3.8, 4) is 11.8 Å². The molecule has 0 aliphatic heterocycles. The molecule has 0 atom stereocenters. The van der Waals surface area contributed by atoms with Gasteiger partial charge in [-0.1, -0.05) is 18.2 Å². The molecule has 0 aromatic heterocycles. The zero-order chi connectivity index (χ0) is 19.7. The van der Waals surface area contributed by atoms with Crippen molar-refractivity contribution in [3.63, 3.8) is 0 Å². The number of hydrogen-bond donors (Lipinski definition) is 2. The summed E-state index contributed by atoms with van der Waals surface area (Å²) in [7, 11) is -3.80. The van der Waals surface area contributed by atoms with Gasteiger partial charge in [-0.05, 0) is 30.3 Å². The van der Waals surface area contributed by atoms with Gasteiger partial charge in [-0.2, -0.15) is 5.26 Å². The Labute approximate surface area is 156 Å². The first-order chi connectivity index (χ1) is 12.9. The lowest BCUT2D eigenvalue weighted by atomic mass is 10.2. The van der Waals surface area contributed by atoms with E-state index in [1.165, 1.54) is 36.4 Å². The van der Waals surface area contributed by atoms with Crippen LogP contribution in [-0.2, 0) is 10.0 Å². The normalized spacial score (nSPS) is 10.8. The van der Waals surface area contributed by atoms with E-state index in [0.29, 0.717) is 0 Å². The van der Waals surface area contributed by atoms with Gasteiger partial charge in [0.15, 0.2) is 11.6 Å². The van der Waals surface area contributed by atoms with E-state index in [-0.39, 0.29) is 42.3 Å². The molecule has 0 heterocycles. The number of ether oxygens (including phenoxy) is 1. The number of benzene rings is 2. The molecule has 0 fully saturated rings. The second-order valence-electron chi connectivity index (χ2n) is 5.37. The van der Waals surface area contributed by atoms with Crippen molar-refractivity contribution >= 4 is 15.9 Å². The largest absolute Gasteiger partial charge is 0.489 e. The standard InChI is InChI=1S/C18H18FN3O4S/c19-16-7-1-2-8-17(16)26-12-11-21-18(23)14-5-3-6-15(13-14)27(24,25)22-10-4-9-20/h1-3,5-8,13,22H,4,10-12H2,(H,21,23). The summed E-state index contributed by atoms with van der Waals surface area (Å²) in [5.74, 6) is -0.893. The lowest BCUT2D eigenvalue weighted by Crippen LogP contribution is -2.29. The second kappa shape index (κ2) is 9.66. The zero-order valence-corrected chi connectivity index (χ0v) is 15.1. The van der Waals surface area contributed by atoms with Crippen molar-refractivity contribution in [3.05, 3.63) is 59.9 Å². The fraction of sp³-hybridized carbons (Fsp3) is 0.222. The lowest BCUT2D eigenvalue weighted by molar-refractivity contribution is 0.0946. The molecule has 0 unspecified atom stereocenters. The van der Waals surface area contributed by atoms with Gasteiger partial charge in [0.1, 0.15) is 6.61 Å². The van der Waals surface area contributed by atoms with E-state index in [1.807, 2.05) is 6.07 Å². The summed E-state index contributed by atoms with van der Waals surface area (Å²) in [4.78, 5) is 12.1.